The first kappa shape index (κ1) is 16.2. The Morgan fingerprint density at radius 1 is 1.11 bits per heavy atom. The molecule has 0 saturated heterocycles. The lowest BCUT2D eigenvalue weighted by molar-refractivity contribution is 0.177. The van der Waals surface area contributed by atoms with Gasteiger partial charge in [-0.3, -0.25) is 4.98 Å². The Labute approximate surface area is 157 Å². The number of nitrogens with zero attached hydrogens (tertiary/aromatic N) is 5. The van der Waals surface area contributed by atoms with E-state index in [0.717, 1.165) is 40.4 Å². The molecule has 3 heterocycles. The molecule has 1 aliphatic carbocycles. The van der Waals surface area contributed by atoms with Crippen LogP contribution in [0, 0.1) is 0 Å². The lowest BCUT2D eigenvalue weighted by Gasteiger charge is -2.39. The van der Waals surface area contributed by atoms with Gasteiger partial charge in [0.05, 0.1) is 17.2 Å². The maximum Gasteiger partial charge on any atom is 0.241 e. The fraction of sp³-hybridized carbons (Fsp3) is 0.286. The van der Waals surface area contributed by atoms with E-state index in [1.807, 2.05) is 29.2 Å². The van der Waals surface area contributed by atoms with Gasteiger partial charge in [-0.25, -0.2) is 9.50 Å². The number of rotatable bonds is 4. The highest BCUT2D eigenvalue weighted by Crippen LogP contribution is 2.29. The average Bonchev–Trinajstić information content (AvgIpc) is 3.07. The van der Waals surface area contributed by atoms with E-state index in [1.165, 1.54) is 0 Å². The molecule has 0 unspecified atom stereocenters. The van der Waals surface area contributed by atoms with Crippen LogP contribution >= 0.6 is 0 Å². The molecule has 1 aliphatic rings. The Bertz CT molecular complexity index is 1110. The Balaban J connectivity index is 1.41. The highest BCUT2D eigenvalue weighted by atomic mass is 15.3. The smallest absolute Gasteiger partial charge is 0.241 e. The van der Waals surface area contributed by atoms with E-state index in [1.54, 1.807) is 0 Å². The maximum absolute atomic E-state index is 4.64. The highest BCUT2D eigenvalue weighted by Gasteiger charge is 2.30. The van der Waals surface area contributed by atoms with Gasteiger partial charge in [0.1, 0.15) is 0 Å². The summed E-state index contributed by atoms with van der Waals surface area (Å²) in [6.45, 7) is 0. The maximum atomic E-state index is 4.64. The molecule has 0 aliphatic heterocycles. The van der Waals surface area contributed by atoms with Crippen molar-refractivity contribution < 1.29 is 0 Å². The van der Waals surface area contributed by atoms with Crippen molar-refractivity contribution in [2.24, 2.45) is 0 Å². The standard InChI is InChI=1S/C21H22N6/c1-26(2)17-11-16(12-17)24-21-23-13-20-18(7-9-27(20)25-21)14-5-6-19-15(10-14)4-3-8-22-19/h3-10,13,16-17H,11-12H2,1-2H3,(H,24,25)/t16-,17-. The van der Waals surface area contributed by atoms with Crippen LogP contribution in [-0.2, 0) is 0 Å². The summed E-state index contributed by atoms with van der Waals surface area (Å²) >= 11 is 0. The number of hydrogen-bond acceptors (Lipinski definition) is 5. The summed E-state index contributed by atoms with van der Waals surface area (Å²) in [5.74, 6) is 0.689. The molecular formula is C21H22N6. The minimum atomic E-state index is 0.456. The first-order chi connectivity index (χ1) is 13.2. The third-order valence-corrected chi connectivity index (χ3v) is 5.51. The van der Waals surface area contributed by atoms with E-state index in [0.29, 0.717) is 18.0 Å². The molecule has 4 aromatic rings. The normalized spacial score (nSPS) is 19.5. The number of fused-ring (bicyclic) bond motifs is 2. The third-order valence-electron chi connectivity index (χ3n) is 5.51. The second-order valence-corrected chi connectivity index (χ2v) is 7.48. The van der Waals surface area contributed by atoms with Gasteiger partial charge in [-0.2, -0.15) is 0 Å². The molecule has 0 atom stereocenters. The molecule has 1 N–H and O–H groups in total. The van der Waals surface area contributed by atoms with Crippen LogP contribution < -0.4 is 5.32 Å². The topological polar surface area (TPSA) is 58.3 Å². The predicted octanol–water partition coefficient (Wildman–Crippen LogP) is 3.45. The molecule has 1 aromatic carbocycles. The fourth-order valence-electron chi connectivity index (χ4n) is 3.76. The van der Waals surface area contributed by atoms with E-state index in [2.05, 4.69) is 69.7 Å². The van der Waals surface area contributed by atoms with E-state index in [-0.39, 0.29) is 0 Å². The van der Waals surface area contributed by atoms with Crippen molar-refractivity contribution in [2.75, 3.05) is 19.4 Å². The summed E-state index contributed by atoms with van der Waals surface area (Å²) < 4.78 is 1.90. The lowest BCUT2D eigenvalue weighted by atomic mass is 9.86. The minimum Gasteiger partial charge on any atom is -0.350 e. The number of hydrogen-bond donors (Lipinski definition) is 1. The van der Waals surface area contributed by atoms with Crippen LogP contribution in [0.5, 0.6) is 0 Å². The van der Waals surface area contributed by atoms with Gasteiger partial charge in [-0.05, 0) is 56.8 Å². The molecule has 27 heavy (non-hydrogen) atoms. The van der Waals surface area contributed by atoms with Gasteiger partial charge in [0.2, 0.25) is 5.95 Å². The van der Waals surface area contributed by atoms with Gasteiger partial charge < -0.3 is 10.2 Å². The van der Waals surface area contributed by atoms with Crippen molar-refractivity contribution in [1.29, 1.82) is 0 Å². The average molecular weight is 358 g/mol. The molecular weight excluding hydrogens is 336 g/mol. The van der Waals surface area contributed by atoms with E-state index < -0.39 is 0 Å². The van der Waals surface area contributed by atoms with Crippen LogP contribution in [0.1, 0.15) is 12.8 Å². The Morgan fingerprint density at radius 2 is 2.00 bits per heavy atom. The zero-order valence-electron chi connectivity index (χ0n) is 15.5. The monoisotopic (exact) mass is 358 g/mol. The van der Waals surface area contributed by atoms with Crippen molar-refractivity contribution >= 4 is 22.4 Å². The molecule has 1 saturated carbocycles. The zero-order chi connectivity index (χ0) is 18.4. The van der Waals surface area contributed by atoms with Gasteiger partial charge in [0.25, 0.3) is 0 Å². The third kappa shape index (κ3) is 2.92. The van der Waals surface area contributed by atoms with Crippen LogP contribution in [0.15, 0.2) is 55.0 Å². The highest BCUT2D eigenvalue weighted by molar-refractivity contribution is 5.88. The number of aromatic nitrogens is 4. The zero-order valence-corrected chi connectivity index (χ0v) is 15.5. The summed E-state index contributed by atoms with van der Waals surface area (Å²) in [7, 11) is 4.27. The Hall–Kier alpha value is -2.99. The number of pyridine rings is 1. The molecule has 6 heteroatoms. The molecule has 0 spiro atoms. The summed E-state index contributed by atoms with van der Waals surface area (Å²) in [5, 5.41) is 9.23. The van der Waals surface area contributed by atoms with Gasteiger partial charge in [0.15, 0.2) is 0 Å². The number of benzene rings is 1. The van der Waals surface area contributed by atoms with E-state index >= 15 is 0 Å². The van der Waals surface area contributed by atoms with Crippen LogP contribution in [-0.4, -0.2) is 50.7 Å². The number of anilines is 1. The van der Waals surface area contributed by atoms with Gasteiger partial charge in [-0.1, -0.05) is 12.1 Å². The summed E-state index contributed by atoms with van der Waals surface area (Å²) in [5.41, 5.74) is 4.28. The van der Waals surface area contributed by atoms with Crippen molar-refractivity contribution in [1.82, 2.24) is 24.5 Å². The summed E-state index contributed by atoms with van der Waals surface area (Å²) in [6.07, 6.45) is 7.99. The molecule has 136 valence electrons. The quantitative estimate of drug-likeness (QED) is 0.605. The van der Waals surface area contributed by atoms with Crippen LogP contribution in [0.3, 0.4) is 0 Å². The van der Waals surface area contributed by atoms with Gasteiger partial charge >= 0.3 is 0 Å². The van der Waals surface area contributed by atoms with Crippen LogP contribution in [0.25, 0.3) is 27.5 Å². The van der Waals surface area contributed by atoms with Crippen molar-refractivity contribution in [3.63, 3.8) is 0 Å². The van der Waals surface area contributed by atoms with E-state index in [4.69, 9.17) is 0 Å². The van der Waals surface area contributed by atoms with Crippen LogP contribution in [0.4, 0.5) is 5.95 Å². The van der Waals surface area contributed by atoms with E-state index in [9.17, 15) is 0 Å². The lowest BCUT2D eigenvalue weighted by Crippen LogP contribution is -2.47. The van der Waals surface area contributed by atoms with Gasteiger partial charge in [-0.15, -0.1) is 5.10 Å². The molecule has 0 bridgehead atoms. The first-order valence-corrected chi connectivity index (χ1v) is 9.30. The molecule has 0 radical (unpaired) electrons. The molecule has 6 nitrogen and oxygen atoms in total. The largest absolute Gasteiger partial charge is 0.350 e. The summed E-state index contributed by atoms with van der Waals surface area (Å²) in [6, 6.07) is 13.6. The van der Waals surface area contributed by atoms with Crippen molar-refractivity contribution in [2.45, 2.75) is 24.9 Å². The fourth-order valence-corrected chi connectivity index (χ4v) is 3.76. The minimum absolute atomic E-state index is 0.456. The second-order valence-electron chi connectivity index (χ2n) is 7.48. The molecule has 5 rings (SSSR count). The Kier molecular flexibility index (Phi) is 3.79. The van der Waals surface area contributed by atoms with Crippen molar-refractivity contribution in [3.05, 3.63) is 55.0 Å². The van der Waals surface area contributed by atoms with Crippen molar-refractivity contribution in [3.8, 4) is 11.1 Å². The second kappa shape index (κ2) is 6.32. The molecule has 3 aromatic heterocycles. The van der Waals surface area contributed by atoms with Crippen LogP contribution in [0.2, 0.25) is 0 Å². The molecule has 1 fully saturated rings. The summed E-state index contributed by atoms with van der Waals surface area (Å²) in [4.78, 5) is 11.2. The SMILES string of the molecule is CN(C)[C@H]1C[C@H](Nc2ncc3c(-c4ccc5ncccc5c4)ccn3n2)C1. The predicted molar refractivity (Wildman–Crippen MR) is 108 cm³/mol. The van der Waals surface area contributed by atoms with Gasteiger partial charge in [0, 0.05) is 35.4 Å². The number of nitrogens with one attached hydrogen (secondary N) is 1. The first-order valence-electron chi connectivity index (χ1n) is 9.30. The molecule has 0 amide bonds. The Morgan fingerprint density at radius 3 is 2.85 bits per heavy atom.